The van der Waals surface area contributed by atoms with Gasteiger partial charge in [-0.1, -0.05) is 36.5 Å². The van der Waals surface area contributed by atoms with Gasteiger partial charge in [-0.2, -0.15) is 20.7 Å². The molecule has 0 saturated carbocycles. The Morgan fingerprint density at radius 1 is 0.671 bits per heavy atom. The highest BCUT2D eigenvalue weighted by Gasteiger charge is 2.32. The number of aryl methyl sites for hydroxylation is 4. The molecule has 1 amide bonds. The molecule has 0 radical (unpaired) electrons. The number of amides is 1. The normalized spacial score (nSPS) is 15.1. The molecular weight excluding hydrogens is 1010 g/mol. The summed E-state index contributed by atoms with van der Waals surface area (Å²) in [5.74, 6) is 1.22. The lowest BCUT2D eigenvalue weighted by molar-refractivity contribution is -0.142. The number of nitrogens with zero attached hydrogens (tertiary/aromatic N) is 16. The largest absolute Gasteiger partial charge is 0.389 e. The number of nitriles is 2. The predicted octanol–water partition coefficient (Wildman–Crippen LogP) is 8.32. The van der Waals surface area contributed by atoms with E-state index in [1.165, 1.54) is 66.2 Å². The van der Waals surface area contributed by atoms with Crippen molar-refractivity contribution < 1.29 is 18.7 Å². The molecule has 22 heteroatoms. The van der Waals surface area contributed by atoms with Gasteiger partial charge in [0.1, 0.15) is 67.9 Å². The number of hydrogen-bond donors (Lipinski definition) is 1. The SMILES string of the molecule is CCc1nn2c(C)cc(N3CCCCC3)nc2c1N(C)c1nc(-c2ccc(F)cc2)c(C#N)s1.CCc1nn2c(C)cc(N3CCN(CC(=O)N4CC(O)C4)CC3)nc2c1N(C)c1nc(-c2ccc(F)cc2)c(C#N)s1. The van der Waals surface area contributed by atoms with E-state index in [1.807, 2.05) is 52.8 Å². The maximum absolute atomic E-state index is 13.5. The zero-order chi connectivity index (χ0) is 53.4. The molecule has 11 rings (SSSR count). The lowest BCUT2D eigenvalue weighted by Crippen LogP contribution is -2.57. The number of likely N-dealkylation sites (tertiary alicyclic amines) is 1. The number of hydrogen-bond acceptors (Lipinski definition) is 17. The molecule has 0 aliphatic carbocycles. The zero-order valence-corrected chi connectivity index (χ0v) is 45.0. The summed E-state index contributed by atoms with van der Waals surface area (Å²) >= 11 is 2.59. The lowest BCUT2D eigenvalue weighted by Gasteiger charge is -2.39. The highest BCUT2D eigenvalue weighted by Crippen LogP contribution is 2.41. The number of piperidine rings is 1. The van der Waals surface area contributed by atoms with E-state index in [0.717, 1.165) is 97.1 Å². The molecule has 18 nitrogen and oxygen atoms in total. The number of aromatic nitrogens is 8. The number of thiazole rings is 2. The van der Waals surface area contributed by atoms with Gasteiger partial charge in [-0.3, -0.25) is 9.69 Å². The van der Waals surface area contributed by atoms with Crippen molar-refractivity contribution in [2.45, 2.75) is 65.9 Å². The fraction of sp³-hybridized carbons (Fsp3) is 0.389. The van der Waals surface area contributed by atoms with Gasteiger partial charge in [0.25, 0.3) is 0 Å². The molecular formula is C54H58F2N16O2S2. The second-order valence-electron chi connectivity index (χ2n) is 19.2. The molecule has 9 heterocycles. The second kappa shape index (κ2) is 21.9. The van der Waals surface area contributed by atoms with E-state index in [0.29, 0.717) is 74.2 Å². The third kappa shape index (κ3) is 10.2. The van der Waals surface area contributed by atoms with Crippen LogP contribution in [0.25, 0.3) is 33.8 Å². The van der Waals surface area contributed by atoms with E-state index in [9.17, 15) is 29.2 Å². The molecule has 3 fully saturated rings. The number of carbonyl (C=O) groups is 1. The van der Waals surface area contributed by atoms with Crippen molar-refractivity contribution in [3.8, 4) is 34.7 Å². The summed E-state index contributed by atoms with van der Waals surface area (Å²) in [6, 6.07) is 20.7. The molecule has 76 heavy (non-hydrogen) atoms. The zero-order valence-electron chi connectivity index (χ0n) is 43.3. The standard InChI is InChI=1S/C29H32FN9O2S.C25H26FN7S/c1-4-22-27(35(3)29-33-26(23(14-31)42-29)19-5-7-20(30)8-6-19)28-32-24(13-18(2)39(28)34-22)37-11-9-36(10-12-37)17-25(41)38-15-21(40)16-38;1-4-19-23(24-28-21(14-16(2)33(24)30-19)32-12-6-5-7-13-32)31(3)25-29-22(20(15-27)34-25)17-8-10-18(26)11-9-17/h5-8,13,21,40H,4,9-12,15-17H2,1-3H3;8-11,14H,4-7,12-13H2,1-3H3. The highest BCUT2D eigenvalue weighted by molar-refractivity contribution is 7.17. The van der Waals surface area contributed by atoms with Crippen molar-refractivity contribution in [1.29, 1.82) is 10.5 Å². The molecule has 3 aliphatic heterocycles. The molecule has 0 atom stereocenters. The van der Waals surface area contributed by atoms with Gasteiger partial charge < -0.3 is 29.6 Å². The van der Waals surface area contributed by atoms with Crippen LogP contribution in [0.5, 0.6) is 0 Å². The number of anilines is 6. The van der Waals surface area contributed by atoms with Crippen LogP contribution in [-0.2, 0) is 17.6 Å². The first-order valence-electron chi connectivity index (χ1n) is 25.5. The summed E-state index contributed by atoms with van der Waals surface area (Å²) in [6.07, 6.45) is 4.65. The summed E-state index contributed by atoms with van der Waals surface area (Å²) in [5.41, 5.74) is 9.45. The number of piperazine rings is 1. The highest BCUT2D eigenvalue weighted by atomic mass is 32.1. The van der Waals surface area contributed by atoms with Crippen LogP contribution in [0.4, 0.5) is 42.1 Å². The van der Waals surface area contributed by atoms with Gasteiger partial charge in [0.2, 0.25) is 5.91 Å². The molecule has 0 unspecified atom stereocenters. The van der Waals surface area contributed by atoms with E-state index in [2.05, 4.69) is 46.8 Å². The Morgan fingerprint density at radius 2 is 1.11 bits per heavy atom. The Labute approximate surface area is 447 Å². The van der Waals surface area contributed by atoms with Crippen molar-refractivity contribution in [2.75, 3.05) is 92.6 Å². The van der Waals surface area contributed by atoms with Crippen LogP contribution >= 0.6 is 22.7 Å². The fourth-order valence-electron chi connectivity index (χ4n) is 9.91. The average molecular weight is 1070 g/mol. The number of halogens is 2. The summed E-state index contributed by atoms with van der Waals surface area (Å²) in [7, 11) is 3.84. The summed E-state index contributed by atoms with van der Waals surface area (Å²) in [5, 5.41) is 40.1. The third-order valence-corrected chi connectivity index (χ3v) is 16.2. The number of aliphatic hydroxyl groups excluding tert-OH is 1. The van der Waals surface area contributed by atoms with Crippen LogP contribution in [0.1, 0.15) is 65.6 Å². The van der Waals surface area contributed by atoms with Crippen LogP contribution in [0.2, 0.25) is 0 Å². The smallest absolute Gasteiger partial charge is 0.236 e. The first kappa shape index (κ1) is 51.8. The van der Waals surface area contributed by atoms with Gasteiger partial charge in [-0.15, -0.1) is 0 Å². The number of benzene rings is 2. The Hall–Kier alpha value is -7.63. The lowest BCUT2D eigenvalue weighted by atomic mass is 10.1. The molecule has 2 aromatic carbocycles. The number of β-amino-alcohol motifs (C(OH)–C–C–N with tert-alkyl or cyclic N) is 1. The van der Waals surface area contributed by atoms with Gasteiger partial charge in [0, 0.05) is 101 Å². The number of aliphatic hydroxyl groups is 1. The van der Waals surface area contributed by atoms with Crippen molar-refractivity contribution in [2.24, 2.45) is 0 Å². The van der Waals surface area contributed by atoms with Crippen LogP contribution in [0.15, 0.2) is 60.7 Å². The first-order valence-corrected chi connectivity index (χ1v) is 27.2. The molecule has 0 spiro atoms. The summed E-state index contributed by atoms with van der Waals surface area (Å²) in [4.78, 5) is 45.4. The second-order valence-corrected chi connectivity index (χ2v) is 21.2. The maximum atomic E-state index is 13.5. The Morgan fingerprint density at radius 3 is 1.51 bits per heavy atom. The maximum Gasteiger partial charge on any atom is 0.236 e. The predicted molar refractivity (Wildman–Crippen MR) is 292 cm³/mol. The van der Waals surface area contributed by atoms with E-state index in [-0.39, 0.29) is 17.5 Å². The average Bonchev–Trinajstić information content (AvgIpc) is 4.28. The van der Waals surface area contributed by atoms with Crippen molar-refractivity contribution in [3.05, 3.63) is 105 Å². The number of fused-ring (bicyclic) bond motifs is 2. The van der Waals surface area contributed by atoms with E-state index in [1.54, 1.807) is 29.2 Å². The van der Waals surface area contributed by atoms with Gasteiger partial charge in [-0.05, 0) is 94.5 Å². The molecule has 3 aliphatic rings. The third-order valence-electron chi connectivity index (χ3n) is 14.1. The van der Waals surface area contributed by atoms with Crippen LogP contribution < -0.4 is 19.6 Å². The Bertz CT molecular complexity index is 3500. The Balaban J connectivity index is 0.000000177. The Kier molecular flexibility index (Phi) is 14.9. The fourth-order valence-corrected chi connectivity index (χ4v) is 11.6. The quantitative estimate of drug-likeness (QED) is 0.123. The number of rotatable bonds is 12. The summed E-state index contributed by atoms with van der Waals surface area (Å²) < 4.78 is 30.7. The monoisotopic (exact) mass is 1060 g/mol. The number of carbonyl (C=O) groups excluding carboxylic acids is 1. The van der Waals surface area contributed by atoms with Gasteiger partial charge >= 0.3 is 0 Å². The summed E-state index contributed by atoms with van der Waals surface area (Å²) in [6.45, 7) is 14.4. The van der Waals surface area contributed by atoms with E-state index < -0.39 is 6.10 Å². The minimum absolute atomic E-state index is 0.0625. The molecule has 392 valence electrons. The molecule has 6 aromatic heterocycles. The molecule has 0 bridgehead atoms. The van der Waals surface area contributed by atoms with Crippen molar-refractivity contribution >= 4 is 73.1 Å². The van der Waals surface area contributed by atoms with Gasteiger partial charge in [-0.25, -0.2) is 37.7 Å². The van der Waals surface area contributed by atoms with Crippen LogP contribution in [0, 0.1) is 48.1 Å². The van der Waals surface area contributed by atoms with Gasteiger partial charge in [0.15, 0.2) is 21.6 Å². The van der Waals surface area contributed by atoms with Gasteiger partial charge in [0.05, 0.1) is 24.0 Å². The molecule has 8 aromatic rings. The van der Waals surface area contributed by atoms with Crippen LogP contribution in [0.3, 0.4) is 0 Å². The topological polar surface area (TPSA) is 190 Å². The van der Waals surface area contributed by atoms with Crippen LogP contribution in [-0.4, -0.2) is 139 Å². The first-order chi connectivity index (χ1) is 36.7. The minimum atomic E-state index is -0.392. The van der Waals surface area contributed by atoms with Crippen molar-refractivity contribution in [1.82, 2.24) is 49.0 Å². The van der Waals surface area contributed by atoms with E-state index in [4.69, 9.17) is 30.1 Å². The molecule has 1 N–H and O–H groups in total. The molecule has 3 saturated heterocycles. The van der Waals surface area contributed by atoms with E-state index >= 15 is 0 Å². The minimum Gasteiger partial charge on any atom is -0.389 e. The van der Waals surface area contributed by atoms with Crippen molar-refractivity contribution in [3.63, 3.8) is 0 Å².